The van der Waals surface area contributed by atoms with Gasteiger partial charge in [-0.3, -0.25) is 13.9 Å². The Morgan fingerprint density at radius 3 is 2.23 bits per heavy atom. The van der Waals surface area contributed by atoms with Crippen LogP contribution in [0.25, 0.3) is 10.8 Å². The van der Waals surface area contributed by atoms with Gasteiger partial charge in [-0.25, -0.2) is 8.42 Å². The molecule has 3 aromatic carbocycles. The fourth-order valence-electron chi connectivity index (χ4n) is 4.21. The molecule has 0 aromatic heterocycles. The molecule has 0 radical (unpaired) electrons. The fourth-order valence-corrected chi connectivity index (χ4v) is 5.07. The summed E-state index contributed by atoms with van der Waals surface area (Å²) in [7, 11) is -3.78. The number of carbonyl (C=O) groups excluding carboxylic acids is 2. The van der Waals surface area contributed by atoms with E-state index in [1.54, 1.807) is 12.1 Å². The number of hydrogen-bond donors (Lipinski definition) is 1. The SMILES string of the molecule is CCNC(=O)C(CC)N(CCc1ccccc1)C(=O)CN(c1cccc2ccccc12)S(C)(=O)=O. The molecule has 1 N–H and O–H groups in total. The Hall–Kier alpha value is -3.39. The first-order valence-corrected chi connectivity index (χ1v) is 13.7. The Kier molecular flexibility index (Phi) is 8.87. The van der Waals surface area contributed by atoms with Gasteiger partial charge in [-0.2, -0.15) is 0 Å². The van der Waals surface area contributed by atoms with Gasteiger partial charge in [0.15, 0.2) is 0 Å². The van der Waals surface area contributed by atoms with Crippen LogP contribution < -0.4 is 9.62 Å². The van der Waals surface area contributed by atoms with Crippen LogP contribution in [0.15, 0.2) is 72.8 Å². The lowest BCUT2D eigenvalue weighted by molar-refractivity contribution is -0.139. The van der Waals surface area contributed by atoms with Crippen LogP contribution in [-0.2, 0) is 26.0 Å². The van der Waals surface area contributed by atoms with Gasteiger partial charge in [0.25, 0.3) is 0 Å². The third-order valence-electron chi connectivity index (χ3n) is 5.94. The molecule has 0 aliphatic rings. The number of nitrogens with zero attached hydrogens (tertiary/aromatic N) is 2. The maximum Gasteiger partial charge on any atom is 0.244 e. The van der Waals surface area contributed by atoms with Crippen molar-refractivity contribution >= 4 is 38.3 Å². The van der Waals surface area contributed by atoms with Crippen LogP contribution in [0.3, 0.4) is 0 Å². The molecule has 0 fully saturated rings. The van der Waals surface area contributed by atoms with E-state index in [4.69, 9.17) is 0 Å². The molecule has 0 spiro atoms. The second-order valence-corrected chi connectivity index (χ2v) is 10.3. The average molecular weight is 496 g/mol. The number of rotatable bonds is 11. The normalized spacial score (nSPS) is 12.2. The van der Waals surface area contributed by atoms with E-state index in [1.807, 2.05) is 74.5 Å². The summed E-state index contributed by atoms with van der Waals surface area (Å²) in [6, 6.07) is 21.8. The van der Waals surface area contributed by atoms with Crippen LogP contribution in [0.1, 0.15) is 25.8 Å². The molecule has 0 aliphatic carbocycles. The molecular formula is C27H33N3O4S. The Morgan fingerprint density at radius 1 is 0.914 bits per heavy atom. The number of anilines is 1. The molecule has 3 rings (SSSR count). The van der Waals surface area contributed by atoms with Crippen molar-refractivity contribution < 1.29 is 18.0 Å². The van der Waals surface area contributed by atoms with Gasteiger partial charge < -0.3 is 10.2 Å². The van der Waals surface area contributed by atoms with Crippen molar-refractivity contribution in [1.82, 2.24) is 10.2 Å². The summed E-state index contributed by atoms with van der Waals surface area (Å²) in [5, 5.41) is 4.42. The van der Waals surface area contributed by atoms with Crippen LogP contribution in [0, 0.1) is 0 Å². The zero-order valence-corrected chi connectivity index (χ0v) is 21.3. The van der Waals surface area contributed by atoms with Crippen molar-refractivity contribution in [2.75, 3.05) is 30.2 Å². The average Bonchev–Trinajstić information content (AvgIpc) is 2.84. The Balaban J connectivity index is 1.96. The maximum atomic E-state index is 13.7. The van der Waals surface area contributed by atoms with Gasteiger partial charge in [0.1, 0.15) is 12.6 Å². The van der Waals surface area contributed by atoms with Crippen molar-refractivity contribution in [1.29, 1.82) is 0 Å². The number of fused-ring (bicyclic) bond motifs is 1. The molecule has 1 atom stereocenters. The number of nitrogens with one attached hydrogen (secondary N) is 1. The highest BCUT2D eigenvalue weighted by Gasteiger charge is 2.31. The lowest BCUT2D eigenvalue weighted by atomic mass is 10.1. The highest BCUT2D eigenvalue weighted by atomic mass is 32.2. The highest BCUT2D eigenvalue weighted by Crippen LogP contribution is 2.28. The minimum atomic E-state index is -3.78. The molecule has 0 bridgehead atoms. The van der Waals surface area contributed by atoms with Crippen LogP contribution in [-0.4, -0.2) is 57.1 Å². The van der Waals surface area contributed by atoms with E-state index in [0.29, 0.717) is 31.6 Å². The van der Waals surface area contributed by atoms with Gasteiger partial charge in [0, 0.05) is 18.5 Å². The number of likely N-dealkylation sites (N-methyl/N-ethyl adjacent to an activating group) is 1. The molecule has 8 heteroatoms. The summed E-state index contributed by atoms with van der Waals surface area (Å²) < 4.78 is 26.9. The maximum absolute atomic E-state index is 13.7. The number of hydrogen-bond acceptors (Lipinski definition) is 4. The van der Waals surface area contributed by atoms with E-state index in [9.17, 15) is 18.0 Å². The molecule has 2 amide bonds. The van der Waals surface area contributed by atoms with Crippen LogP contribution in [0.4, 0.5) is 5.69 Å². The zero-order chi connectivity index (χ0) is 25.4. The minimum absolute atomic E-state index is 0.243. The first kappa shape index (κ1) is 26.2. The first-order chi connectivity index (χ1) is 16.8. The molecule has 0 saturated carbocycles. The third kappa shape index (κ3) is 6.60. The van der Waals surface area contributed by atoms with E-state index in [0.717, 1.165) is 26.9 Å². The molecule has 0 heterocycles. The minimum Gasteiger partial charge on any atom is -0.355 e. The first-order valence-electron chi connectivity index (χ1n) is 11.8. The second kappa shape index (κ2) is 11.8. The van der Waals surface area contributed by atoms with Gasteiger partial charge in [-0.1, -0.05) is 73.7 Å². The van der Waals surface area contributed by atoms with Crippen molar-refractivity contribution in [2.45, 2.75) is 32.7 Å². The lowest BCUT2D eigenvalue weighted by Crippen LogP contribution is -2.53. The van der Waals surface area contributed by atoms with Gasteiger partial charge in [-0.05, 0) is 36.8 Å². The summed E-state index contributed by atoms with van der Waals surface area (Å²) in [6.07, 6.45) is 2.06. The quantitative estimate of drug-likeness (QED) is 0.440. The van der Waals surface area contributed by atoms with Gasteiger partial charge in [0.2, 0.25) is 21.8 Å². The monoisotopic (exact) mass is 495 g/mol. The van der Waals surface area contributed by atoms with Crippen molar-refractivity contribution in [3.63, 3.8) is 0 Å². The molecule has 3 aromatic rings. The number of sulfonamides is 1. The number of benzene rings is 3. The van der Waals surface area contributed by atoms with Gasteiger partial charge >= 0.3 is 0 Å². The Bertz CT molecular complexity index is 1260. The predicted molar refractivity (Wildman–Crippen MR) is 141 cm³/mol. The molecule has 35 heavy (non-hydrogen) atoms. The predicted octanol–water partition coefficient (Wildman–Crippen LogP) is 3.59. The zero-order valence-electron chi connectivity index (χ0n) is 20.5. The smallest absolute Gasteiger partial charge is 0.244 e. The Labute approximate surface area is 207 Å². The second-order valence-electron chi connectivity index (χ2n) is 8.41. The summed E-state index contributed by atoms with van der Waals surface area (Å²) >= 11 is 0. The third-order valence-corrected chi connectivity index (χ3v) is 7.06. The van der Waals surface area contributed by atoms with Crippen molar-refractivity contribution in [3.8, 4) is 0 Å². The Morgan fingerprint density at radius 2 is 1.57 bits per heavy atom. The van der Waals surface area contributed by atoms with E-state index >= 15 is 0 Å². The molecule has 186 valence electrons. The van der Waals surface area contributed by atoms with Gasteiger partial charge in [0.05, 0.1) is 11.9 Å². The van der Waals surface area contributed by atoms with Crippen molar-refractivity contribution in [2.24, 2.45) is 0 Å². The fraction of sp³-hybridized carbons (Fsp3) is 0.333. The molecule has 1 unspecified atom stereocenters. The summed E-state index contributed by atoms with van der Waals surface area (Å²) in [5.41, 5.74) is 1.47. The van der Waals surface area contributed by atoms with Crippen LogP contribution in [0.2, 0.25) is 0 Å². The van der Waals surface area contributed by atoms with Gasteiger partial charge in [-0.15, -0.1) is 0 Å². The molecule has 0 saturated heterocycles. The largest absolute Gasteiger partial charge is 0.355 e. The number of carbonyl (C=O) groups is 2. The summed E-state index contributed by atoms with van der Waals surface area (Å²) in [5.74, 6) is -0.662. The van der Waals surface area contributed by atoms with E-state index in [1.165, 1.54) is 4.90 Å². The summed E-state index contributed by atoms with van der Waals surface area (Å²) in [4.78, 5) is 28.0. The number of amides is 2. The van der Waals surface area contributed by atoms with Crippen LogP contribution in [0.5, 0.6) is 0 Å². The van der Waals surface area contributed by atoms with E-state index < -0.39 is 28.5 Å². The molecule has 0 aliphatic heterocycles. The molecule has 7 nitrogen and oxygen atoms in total. The topological polar surface area (TPSA) is 86.8 Å². The van der Waals surface area contributed by atoms with Crippen LogP contribution >= 0.6 is 0 Å². The standard InChI is InChI=1S/C27H33N3O4S/c1-4-24(27(32)28-5-2)29(19-18-21-12-7-6-8-13-21)26(31)20-30(35(3,33)34)25-17-11-15-22-14-9-10-16-23(22)25/h6-17,24H,4-5,18-20H2,1-3H3,(H,28,32). The van der Waals surface area contributed by atoms with E-state index in [-0.39, 0.29) is 5.91 Å². The summed E-state index contributed by atoms with van der Waals surface area (Å²) in [6.45, 7) is 4.03. The van der Waals surface area contributed by atoms with Crippen molar-refractivity contribution in [3.05, 3.63) is 78.4 Å². The van der Waals surface area contributed by atoms with E-state index in [2.05, 4.69) is 5.32 Å². The molecular weight excluding hydrogens is 462 g/mol. The lowest BCUT2D eigenvalue weighted by Gasteiger charge is -2.33. The highest BCUT2D eigenvalue weighted by molar-refractivity contribution is 7.92.